The van der Waals surface area contributed by atoms with Gasteiger partial charge < -0.3 is 10.1 Å². The zero-order valence-corrected chi connectivity index (χ0v) is 16.9. The molecule has 0 saturated heterocycles. The highest BCUT2D eigenvalue weighted by molar-refractivity contribution is 9.10. The van der Waals surface area contributed by atoms with Gasteiger partial charge in [-0.25, -0.2) is 0 Å². The Kier molecular flexibility index (Phi) is 5.14. The van der Waals surface area contributed by atoms with Gasteiger partial charge in [-0.1, -0.05) is 82.7 Å². The average molecular weight is 445 g/mol. The van der Waals surface area contributed by atoms with E-state index in [0.29, 0.717) is 17.5 Å². The summed E-state index contributed by atoms with van der Waals surface area (Å²) in [7, 11) is 0. The third kappa shape index (κ3) is 3.65. The summed E-state index contributed by atoms with van der Waals surface area (Å²) in [5, 5.41) is 19.1. The molecule has 4 aromatic rings. The van der Waals surface area contributed by atoms with E-state index in [-0.39, 0.29) is 22.7 Å². The summed E-state index contributed by atoms with van der Waals surface area (Å²) in [5.74, 6) is -0.192. The lowest BCUT2D eigenvalue weighted by Crippen LogP contribution is -2.04. The molecule has 4 nitrogen and oxygen atoms in total. The van der Waals surface area contributed by atoms with Crippen molar-refractivity contribution in [2.24, 2.45) is 0 Å². The normalized spacial score (nSPS) is 10.7. The quantitative estimate of drug-likeness (QED) is 0.259. The van der Waals surface area contributed by atoms with Gasteiger partial charge in [-0.3, -0.25) is 10.2 Å². The molecule has 4 rings (SSSR count). The van der Waals surface area contributed by atoms with Crippen LogP contribution in [0, 0.1) is 5.41 Å². The van der Waals surface area contributed by atoms with E-state index in [1.807, 2.05) is 78.9 Å². The Hall–Kier alpha value is -3.44. The van der Waals surface area contributed by atoms with Gasteiger partial charge in [0, 0.05) is 10.0 Å². The fraction of sp³-hybridized carbons (Fsp3) is 0. The fourth-order valence-corrected chi connectivity index (χ4v) is 3.58. The molecule has 0 aliphatic carbocycles. The van der Waals surface area contributed by atoms with Crippen molar-refractivity contribution in [2.75, 3.05) is 0 Å². The molecule has 0 unspecified atom stereocenters. The zero-order chi connectivity index (χ0) is 20.4. The predicted octanol–water partition coefficient (Wildman–Crippen LogP) is 6.05. The summed E-state index contributed by atoms with van der Waals surface area (Å²) in [6, 6.07) is 24.9. The van der Waals surface area contributed by atoms with Crippen LogP contribution >= 0.6 is 15.9 Å². The summed E-state index contributed by atoms with van der Waals surface area (Å²) in [4.78, 5) is 14.7. The van der Waals surface area contributed by atoms with Gasteiger partial charge in [-0.05, 0) is 28.8 Å². The van der Waals surface area contributed by atoms with Gasteiger partial charge in [0.25, 0.3) is 0 Å². The van der Waals surface area contributed by atoms with Crippen LogP contribution in [0.4, 0.5) is 0 Å². The molecule has 3 N–H and O–H groups in total. The number of carbonyl (C=O) groups is 1. The van der Waals surface area contributed by atoms with Gasteiger partial charge in [0.15, 0.2) is 12.2 Å². The topological polar surface area (TPSA) is 76.9 Å². The van der Waals surface area contributed by atoms with Crippen LogP contribution in [0.3, 0.4) is 0 Å². The first-order valence-electron chi connectivity index (χ1n) is 8.99. The molecule has 0 radical (unpaired) electrons. The second-order valence-electron chi connectivity index (χ2n) is 6.58. The highest BCUT2D eigenvalue weighted by Gasteiger charge is 2.22. The maximum atomic E-state index is 11.8. The van der Waals surface area contributed by atoms with Crippen molar-refractivity contribution in [1.82, 2.24) is 4.98 Å². The highest BCUT2D eigenvalue weighted by Crippen LogP contribution is 2.33. The van der Waals surface area contributed by atoms with Crippen LogP contribution in [0.5, 0.6) is 5.88 Å². The minimum atomic E-state index is -0.192. The number of aromatic amines is 1. The molecule has 0 fully saturated rings. The van der Waals surface area contributed by atoms with E-state index in [9.17, 15) is 9.90 Å². The van der Waals surface area contributed by atoms with E-state index in [1.165, 1.54) is 0 Å². The number of aldehydes is 1. The molecule has 0 saturated carbocycles. The van der Waals surface area contributed by atoms with E-state index >= 15 is 0 Å². The number of aromatic nitrogens is 1. The van der Waals surface area contributed by atoms with Crippen molar-refractivity contribution in [3.05, 3.63) is 100 Å². The third-order valence-electron chi connectivity index (χ3n) is 4.80. The van der Waals surface area contributed by atoms with Crippen molar-refractivity contribution in [2.45, 2.75) is 0 Å². The van der Waals surface area contributed by atoms with E-state index in [1.54, 1.807) is 0 Å². The van der Waals surface area contributed by atoms with Crippen molar-refractivity contribution >= 4 is 27.9 Å². The zero-order valence-electron chi connectivity index (χ0n) is 15.3. The number of carbonyl (C=O) groups excluding carboxylic acids is 1. The lowest BCUT2D eigenvalue weighted by molar-refractivity contribution is 0.112. The van der Waals surface area contributed by atoms with Crippen LogP contribution < -0.4 is 0 Å². The molecule has 1 aromatic heterocycles. The summed E-state index contributed by atoms with van der Waals surface area (Å²) in [5.41, 5.74) is 4.53. The molecule has 5 heteroatoms. The van der Waals surface area contributed by atoms with E-state index in [4.69, 9.17) is 5.41 Å². The first-order chi connectivity index (χ1) is 14.1. The molecule has 0 atom stereocenters. The van der Waals surface area contributed by atoms with Crippen LogP contribution in [0.1, 0.15) is 21.5 Å². The lowest BCUT2D eigenvalue weighted by Gasteiger charge is -2.07. The van der Waals surface area contributed by atoms with Crippen LogP contribution in [0.15, 0.2) is 83.3 Å². The standard InChI is InChI=1S/C24H17BrN2O2/c25-19-12-10-18(11-13-19)23-20(14-28)21(24(29)27-23)22(26)17-8-6-16(7-9-17)15-4-2-1-3-5-15/h1-14,26-27,29H. The van der Waals surface area contributed by atoms with Crippen molar-refractivity contribution in [1.29, 1.82) is 5.41 Å². The highest BCUT2D eigenvalue weighted by atomic mass is 79.9. The van der Waals surface area contributed by atoms with Gasteiger partial charge in [0.1, 0.15) is 0 Å². The Balaban J connectivity index is 1.72. The number of benzene rings is 3. The maximum absolute atomic E-state index is 11.8. The Morgan fingerprint density at radius 1 is 0.862 bits per heavy atom. The fourth-order valence-electron chi connectivity index (χ4n) is 3.32. The summed E-state index contributed by atoms with van der Waals surface area (Å²) >= 11 is 3.39. The summed E-state index contributed by atoms with van der Waals surface area (Å²) < 4.78 is 0.913. The molecule has 0 spiro atoms. The lowest BCUT2D eigenvalue weighted by atomic mass is 9.96. The molecule has 0 aliphatic heterocycles. The van der Waals surface area contributed by atoms with Gasteiger partial charge in [0.2, 0.25) is 0 Å². The largest absolute Gasteiger partial charge is 0.494 e. The van der Waals surface area contributed by atoms with Gasteiger partial charge in [0.05, 0.1) is 22.5 Å². The van der Waals surface area contributed by atoms with Crippen LogP contribution in [0.25, 0.3) is 22.4 Å². The Morgan fingerprint density at radius 3 is 2.07 bits per heavy atom. The molecule has 0 amide bonds. The molecule has 1 heterocycles. The van der Waals surface area contributed by atoms with Gasteiger partial charge in [-0.2, -0.15) is 0 Å². The van der Waals surface area contributed by atoms with Crippen molar-refractivity contribution in [3.8, 4) is 28.3 Å². The average Bonchev–Trinajstić information content (AvgIpc) is 3.10. The molecule has 3 aromatic carbocycles. The maximum Gasteiger partial charge on any atom is 0.199 e. The van der Waals surface area contributed by atoms with Crippen molar-refractivity contribution < 1.29 is 9.90 Å². The SMILES string of the molecule is N=C(c1ccc(-c2ccccc2)cc1)c1c(O)[nH]c(-c2ccc(Br)cc2)c1C=O. The van der Waals surface area contributed by atoms with Crippen LogP contribution in [0.2, 0.25) is 0 Å². The molecular weight excluding hydrogens is 428 g/mol. The van der Waals surface area contributed by atoms with Gasteiger partial charge in [-0.15, -0.1) is 0 Å². The predicted molar refractivity (Wildman–Crippen MR) is 119 cm³/mol. The Bertz CT molecular complexity index is 1180. The second-order valence-corrected chi connectivity index (χ2v) is 7.50. The number of nitrogens with one attached hydrogen (secondary N) is 2. The molecule has 142 valence electrons. The third-order valence-corrected chi connectivity index (χ3v) is 5.33. The number of aromatic hydroxyl groups is 1. The second kappa shape index (κ2) is 7.89. The molecular formula is C24H17BrN2O2. The number of H-pyrrole nitrogens is 1. The van der Waals surface area contributed by atoms with E-state index < -0.39 is 0 Å². The minimum absolute atomic E-state index is 0.0869. The molecule has 0 aliphatic rings. The minimum Gasteiger partial charge on any atom is -0.494 e. The van der Waals surface area contributed by atoms with Crippen molar-refractivity contribution in [3.63, 3.8) is 0 Å². The molecule has 29 heavy (non-hydrogen) atoms. The van der Waals surface area contributed by atoms with Crippen LogP contribution in [-0.4, -0.2) is 22.1 Å². The smallest absolute Gasteiger partial charge is 0.199 e. The monoisotopic (exact) mass is 444 g/mol. The van der Waals surface area contributed by atoms with Gasteiger partial charge >= 0.3 is 0 Å². The first-order valence-corrected chi connectivity index (χ1v) is 9.78. The van der Waals surface area contributed by atoms with Crippen LogP contribution in [-0.2, 0) is 0 Å². The molecule has 0 bridgehead atoms. The number of hydrogen-bond acceptors (Lipinski definition) is 3. The van der Waals surface area contributed by atoms with E-state index in [0.717, 1.165) is 21.2 Å². The number of halogens is 1. The Labute approximate surface area is 176 Å². The summed E-state index contributed by atoms with van der Waals surface area (Å²) in [6.45, 7) is 0. The first kappa shape index (κ1) is 18.9. The van der Waals surface area contributed by atoms with E-state index in [2.05, 4.69) is 20.9 Å². The number of hydrogen-bond donors (Lipinski definition) is 3. The number of rotatable bonds is 5. The Morgan fingerprint density at radius 2 is 1.45 bits per heavy atom. The summed E-state index contributed by atoms with van der Waals surface area (Å²) in [6.07, 6.45) is 0.676.